The number of fused-ring (bicyclic) bond motifs is 14. The SMILES string of the molecule is c1ccc(-n2c3ccccc3c3c4oc5c(ccc6c5c5ccccc5n6-c5cccc(-n6c7ccccc7c7ccccc76)c5)c4ccc32)cc1. The molecule has 0 aliphatic heterocycles. The Balaban J connectivity index is 1.15. The summed E-state index contributed by atoms with van der Waals surface area (Å²) < 4.78 is 14.3. The first kappa shape index (κ1) is 27.7. The van der Waals surface area contributed by atoms with Crippen molar-refractivity contribution in [2.75, 3.05) is 0 Å². The number of hydrogen-bond acceptors (Lipinski definition) is 1. The molecule has 0 saturated heterocycles. The predicted octanol–water partition coefficient (Wildman–Crippen LogP) is 12.9. The Hall–Kier alpha value is -7.04. The molecule has 12 rings (SSSR count). The van der Waals surface area contributed by atoms with Gasteiger partial charge < -0.3 is 18.1 Å². The van der Waals surface area contributed by atoms with Gasteiger partial charge in [0.25, 0.3) is 0 Å². The lowest BCUT2D eigenvalue weighted by atomic mass is 10.1. The standard InChI is InChI=1S/C48H29N3O/c1-2-13-30(14-3-1)49-41-23-10-6-19-37(41)45-43(49)27-25-35-36-26-28-44-46(48(36)52-47(35)45)38-20-7-11-24-42(38)51(44)32-16-12-15-31(29-32)50-39-21-8-4-17-33(39)34-18-5-9-22-40(34)50/h1-29H. The second-order valence-corrected chi connectivity index (χ2v) is 13.7. The molecule has 0 bridgehead atoms. The van der Waals surface area contributed by atoms with Crippen molar-refractivity contribution in [3.63, 3.8) is 0 Å². The summed E-state index contributed by atoms with van der Waals surface area (Å²) in [5.41, 5.74) is 12.2. The molecular weight excluding hydrogens is 635 g/mol. The minimum absolute atomic E-state index is 0.921. The van der Waals surface area contributed by atoms with E-state index in [0.717, 1.165) is 66.3 Å². The van der Waals surface area contributed by atoms with Crippen molar-refractivity contribution in [1.82, 2.24) is 13.7 Å². The van der Waals surface area contributed by atoms with Crippen LogP contribution in [-0.2, 0) is 0 Å². The van der Waals surface area contributed by atoms with Gasteiger partial charge in [-0.2, -0.15) is 0 Å². The predicted molar refractivity (Wildman–Crippen MR) is 217 cm³/mol. The Morgan fingerprint density at radius 1 is 0.269 bits per heavy atom. The monoisotopic (exact) mass is 663 g/mol. The maximum atomic E-state index is 7.14. The number of benzene rings is 8. The Bertz CT molecular complexity index is 3360. The molecule has 4 heterocycles. The summed E-state index contributed by atoms with van der Waals surface area (Å²) in [5, 5.41) is 9.41. The van der Waals surface area contributed by atoms with Crippen molar-refractivity contribution in [2.24, 2.45) is 0 Å². The first-order valence-corrected chi connectivity index (χ1v) is 17.8. The lowest BCUT2D eigenvalue weighted by Crippen LogP contribution is -1.98. The molecule has 242 valence electrons. The van der Waals surface area contributed by atoms with Crippen LogP contribution in [0.15, 0.2) is 180 Å². The maximum absolute atomic E-state index is 7.14. The van der Waals surface area contributed by atoms with E-state index in [4.69, 9.17) is 4.42 Å². The van der Waals surface area contributed by atoms with Crippen LogP contribution in [0, 0.1) is 0 Å². The molecule has 12 aromatic rings. The Labute approximate surface area is 297 Å². The van der Waals surface area contributed by atoms with E-state index in [1.807, 2.05) is 0 Å². The summed E-state index contributed by atoms with van der Waals surface area (Å²) in [5.74, 6) is 0. The third-order valence-corrected chi connectivity index (χ3v) is 11.0. The third kappa shape index (κ3) is 3.60. The van der Waals surface area contributed by atoms with Gasteiger partial charge >= 0.3 is 0 Å². The van der Waals surface area contributed by atoms with Gasteiger partial charge in [-0.3, -0.25) is 0 Å². The molecular formula is C48H29N3O. The first-order valence-electron chi connectivity index (χ1n) is 17.8. The highest BCUT2D eigenvalue weighted by atomic mass is 16.3. The zero-order valence-electron chi connectivity index (χ0n) is 28.0. The molecule has 4 aromatic heterocycles. The third-order valence-electron chi connectivity index (χ3n) is 11.0. The van der Waals surface area contributed by atoms with Gasteiger partial charge in [0, 0.05) is 49.4 Å². The minimum atomic E-state index is 0.921. The van der Waals surface area contributed by atoms with Crippen LogP contribution in [0.2, 0.25) is 0 Å². The summed E-state index contributed by atoms with van der Waals surface area (Å²) in [6.45, 7) is 0. The summed E-state index contributed by atoms with van der Waals surface area (Å²) in [6, 6.07) is 63.3. The lowest BCUT2D eigenvalue weighted by Gasteiger charge is -2.12. The van der Waals surface area contributed by atoms with E-state index in [1.54, 1.807) is 0 Å². The summed E-state index contributed by atoms with van der Waals surface area (Å²) in [6.07, 6.45) is 0. The van der Waals surface area contributed by atoms with Crippen LogP contribution in [0.1, 0.15) is 0 Å². The largest absolute Gasteiger partial charge is 0.455 e. The van der Waals surface area contributed by atoms with Gasteiger partial charge in [0.15, 0.2) is 0 Å². The number of furan rings is 1. The van der Waals surface area contributed by atoms with Crippen LogP contribution >= 0.6 is 0 Å². The molecule has 0 spiro atoms. The van der Waals surface area contributed by atoms with E-state index in [9.17, 15) is 0 Å². The van der Waals surface area contributed by atoms with Crippen LogP contribution in [0.3, 0.4) is 0 Å². The van der Waals surface area contributed by atoms with Crippen molar-refractivity contribution in [2.45, 2.75) is 0 Å². The smallest absolute Gasteiger partial charge is 0.145 e. The van der Waals surface area contributed by atoms with Crippen molar-refractivity contribution < 1.29 is 4.42 Å². The van der Waals surface area contributed by atoms with Gasteiger partial charge in [-0.1, -0.05) is 97.1 Å². The van der Waals surface area contributed by atoms with Crippen LogP contribution in [0.25, 0.3) is 104 Å². The topological polar surface area (TPSA) is 27.9 Å². The summed E-state index contributed by atoms with van der Waals surface area (Å²) in [4.78, 5) is 0. The Kier molecular flexibility index (Phi) is 5.47. The molecule has 0 radical (unpaired) electrons. The maximum Gasteiger partial charge on any atom is 0.145 e. The molecule has 0 atom stereocenters. The van der Waals surface area contributed by atoms with Gasteiger partial charge in [-0.15, -0.1) is 0 Å². The zero-order valence-corrected chi connectivity index (χ0v) is 28.0. The molecule has 4 heteroatoms. The average Bonchev–Trinajstić information content (AvgIpc) is 3.94. The van der Waals surface area contributed by atoms with Crippen LogP contribution in [0.4, 0.5) is 0 Å². The van der Waals surface area contributed by atoms with E-state index < -0.39 is 0 Å². The molecule has 4 nitrogen and oxygen atoms in total. The van der Waals surface area contributed by atoms with E-state index >= 15 is 0 Å². The van der Waals surface area contributed by atoms with Crippen LogP contribution < -0.4 is 0 Å². The van der Waals surface area contributed by atoms with Crippen LogP contribution in [0.5, 0.6) is 0 Å². The number of nitrogens with zero attached hydrogens (tertiary/aromatic N) is 3. The average molecular weight is 664 g/mol. The van der Waals surface area contributed by atoms with Crippen molar-refractivity contribution >= 4 is 87.4 Å². The quantitative estimate of drug-likeness (QED) is 0.185. The van der Waals surface area contributed by atoms with Gasteiger partial charge in [-0.25, -0.2) is 0 Å². The summed E-state index contributed by atoms with van der Waals surface area (Å²) in [7, 11) is 0. The van der Waals surface area contributed by atoms with Crippen molar-refractivity contribution in [3.05, 3.63) is 176 Å². The van der Waals surface area contributed by atoms with Gasteiger partial charge in [0.1, 0.15) is 11.2 Å². The number of hydrogen-bond donors (Lipinski definition) is 0. The van der Waals surface area contributed by atoms with Crippen molar-refractivity contribution in [3.8, 4) is 17.1 Å². The second-order valence-electron chi connectivity index (χ2n) is 13.7. The van der Waals surface area contributed by atoms with E-state index in [-0.39, 0.29) is 0 Å². The van der Waals surface area contributed by atoms with E-state index in [2.05, 4.69) is 190 Å². The summed E-state index contributed by atoms with van der Waals surface area (Å²) >= 11 is 0. The van der Waals surface area contributed by atoms with Crippen molar-refractivity contribution in [1.29, 1.82) is 0 Å². The zero-order chi connectivity index (χ0) is 33.9. The molecule has 0 aliphatic carbocycles. The fourth-order valence-corrected chi connectivity index (χ4v) is 8.90. The van der Waals surface area contributed by atoms with Gasteiger partial charge in [-0.05, 0) is 78.9 Å². The Morgan fingerprint density at radius 2 is 0.654 bits per heavy atom. The molecule has 0 fully saturated rings. The number of rotatable bonds is 3. The molecule has 0 unspecified atom stereocenters. The van der Waals surface area contributed by atoms with E-state index in [0.29, 0.717) is 0 Å². The normalized spacial score (nSPS) is 12.2. The minimum Gasteiger partial charge on any atom is -0.455 e. The molecule has 0 amide bonds. The molecule has 0 aliphatic rings. The molecule has 0 saturated carbocycles. The molecule has 8 aromatic carbocycles. The van der Waals surface area contributed by atoms with Gasteiger partial charge in [0.2, 0.25) is 0 Å². The molecule has 0 N–H and O–H groups in total. The highest BCUT2D eigenvalue weighted by Crippen LogP contribution is 2.45. The fraction of sp³-hybridized carbons (Fsp3) is 0. The number of para-hydroxylation sites is 5. The van der Waals surface area contributed by atoms with Crippen LogP contribution in [-0.4, -0.2) is 13.7 Å². The molecule has 52 heavy (non-hydrogen) atoms. The number of aromatic nitrogens is 3. The van der Waals surface area contributed by atoms with E-state index in [1.165, 1.54) is 38.1 Å². The highest BCUT2D eigenvalue weighted by Gasteiger charge is 2.22. The lowest BCUT2D eigenvalue weighted by molar-refractivity contribution is 0.677. The first-order chi connectivity index (χ1) is 25.8. The van der Waals surface area contributed by atoms with Gasteiger partial charge in [0.05, 0.1) is 43.9 Å². The second kappa shape index (κ2) is 10.3. The highest BCUT2D eigenvalue weighted by molar-refractivity contribution is 6.29. The Morgan fingerprint density at radius 3 is 1.17 bits per heavy atom. The fourth-order valence-electron chi connectivity index (χ4n) is 8.90.